The summed E-state index contributed by atoms with van der Waals surface area (Å²) in [6, 6.07) is 0. The number of methoxy groups -OCH3 is 1. The van der Waals surface area contributed by atoms with E-state index in [0.29, 0.717) is 13.0 Å². The van der Waals surface area contributed by atoms with Crippen molar-refractivity contribution in [2.24, 2.45) is 0 Å². The van der Waals surface area contributed by atoms with Crippen LogP contribution in [0.15, 0.2) is 12.7 Å². The summed E-state index contributed by atoms with van der Waals surface area (Å²) in [6.45, 7) is 0.789. The maximum absolute atomic E-state index is 11.4. The zero-order chi connectivity index (χ0) is 13.2. The van der Waals surface area contributed by atoms with E-state index >= 15 is 0 Å². The minimum Gasteiger partial charge on any atom is -0.469 e. The number of hydrogen-bond acceptors (Lipinski definition) is 5. The van der Waals surface area contributed by atoms with Gasteiger partial charge in [-0.2, -0.15) is 5.10 Å². The average Bonchev–Trinajstić information content (AvgIpc) is 2.85. The van der Waals surface area contributed by atoms with Gasteiger partial charge < -0.3 is 10.1 Å². The lowest BCUT2D eigenvalue weighted by Gasteiger charge is -2.04. The molecule has 18 heavy (non-hydrogen) atoms. The van der Waals surface area contributed by atoms with E-state index in [0.717, 1.165) is 19.3 Å². The SMILES string of the molecule is COC(=O)CCCCCNC(=O)Cn1cncn1. The Kier molecular flexibility index (Phi) is 6.45. The monoisotopic (exact) mass is 254 g/mol. The number of ether oxygens (including phenoxy) is 1. The molecule has 1 N–H and O–H groups in total. The van der Waals surface area contributed by atoms with Crippen molar-refractivity contribution in [3.63, 3.8) is 0 Å². The van der Waals surface area contributed by atoms with Gasteiger partial charge in [-0.1, -0.05) is 6.42 Å². The summed E-state index contributed by atoms with van der Waals surface area (Å²) in [6.07, 6.45) is 5.84. The van der Waals surface area contributed by atoms with Crippen LogP contribution in [-0.4, -0.2) is 40.3 Å². The molecule has 1 aromatic rings. The summed E-state index contributed by atoms with van der Waals surface area (Å²) < 4.78 is 5.99. The Morgan fingerprint density at radius 3 is 2.83 bits per heavy atom. The molecule has 0 aliphatic rings. The van der Waals surface area contributed by atoms with Crippen molar-refractivity contribution in [2.45, 2.75) is 32.2 Å². The fourth-order valence-corrected chi connectivity index (χ4v) is 1.42. The number of aromatic nitrogens is 3. The van der Waals surface area contributed by atoms with Gasteiger partial charge in [0, 0.05) is 13.0 Å². The molecule has 0 unspecified atom stereocenters. The van der Waals surface area contributed by atoms with Crippen LogP contribution in [0.25, 0.3) is 0 Å². The van der Waals surface area contributed by atoms with Gasteiger partial charge in [0.05, 0.1) is 7.11 Å². The molecule has 0 saturated heterocycles. The highest BCUT2D eigenvalue weighted by atomic mass is 16.5. The molecule has 1 aromatic heterocycles. The molecule has 0 aliphatic heterocycles. The summed E-state index contributed by atoms with van der Waals surface area (Å²) >= 11 is 0. The Labute approximate surface area is 106 Å². The van der Waals surface area contributed by atoms with Gasteiger partial charge in [-0.25, -0.2) is 9.67 Å². The van der Waals surface area contributed by atoms with Gasteiger partial charge in [0.2, 0.25) is 5.91 Å². The second kappa shape index (κ2) is 8.21. The normalized spacial score (nSPS) is 10.1. The molecule has 7 nitrogen and oxygen atoms in total. The molecule has 0 spiro atoms. The summed E-state index contributed by atoms with van der Waals surface area (Å²) in [5, 5.41) is 6.62. The molecule has 100 valence electrons. The molecule has 0 aliphatic carbocycles. The van der Waals surface area contributed by atoms with Gasteiger partial charge >= 0.3 is 5.97 Å². The van der Waals surface area contributed by atoms with Crippen molar-refractivity contribution in [1.29, 1.82) is 0 Å². The summed E-state index contributed by atoms with van der Waals surface area (Å²) in [4.78, 5) is 26.0. The molecule has 1 amide bonds. The fourth-order valence-electron chi connectivity index (χ4n) is 1.42. The maximum atomic E-state index is 11.4. The maximum Gasteiger partial charge on any atom is 0.305 e. The van der Waals surface area contributed by atoms with E-state index in [-0.39, 0.29) is 18.4 Å². The largest absolute Gasteiger partial charge is 0.469 e. The molecule has 1 rings (SSSR count). The first kappa shape index (κ1) is 14.1. The van der Waals surface area contributed by atoms with Crippen LogP contribution < -0.4 is 5.32 Å². The minimum atomic E-state index is -0.190. The second-order valence-electron chi connectivity index (χ2n) is 3.83. The topological polar surface area (TPSA) is 86.1 Å². The lowest BCUT2D eigenvalue weighted by molar-refractivity contribution is -0.140. The van der Waals surface area contributed by atoms with E-state index in [1.807, 2.05) is 0 Å². The van der Waals surface area contributed by atoms with Crippen molar-refractivity contribution in [3.05, 3.63) is 12.7 Å². The average molecular weight is 254 g/mol. The highest BCUT2D eigenvalue weighted by Crippen LogP contribution is 1.99. The van der Waals surface area contributed by atoms with Crippen molar-refractivity contribution in [1.82, 2.24) is 20.1 Å². The smallest absolute Gasteiger partial charge is 0.305 e. The van der Waals surface area contributed by atoms with E-state index in [1.54, 1.807) is 0 Å². The Bertz CT molecular complexity index is 364. The summed E-state index contributed by atoms with van der Waals surface area (Å²) in [5.41, 5.74) is 0. The quantitative estimate of drug-likeness (QED) is 0.526. The molecule has 0 fully saturated rings. The Morgan fingerprint density at radius 2 is 2.17 bits per heavy atom. The summed E-state index contributed by atoms with van der Waals surface area (Å²) in [5.74, 6) is -0.279. The van der Waals surface area contributed by atoms with Gasteiger partial charge in [-0.05, 0) is 12.8 Å². The third-order valence-electron chi connectivity index (χ3n) is 2.38. The van der Waals surface area contributed by atoms with Crippen LogP contribution in [0, 0.1) is 0 Å². The Balaban J connectivity index is 1.97. The molecule has 0 aromatic carbocycles. The number of rotatable bonds is 8. The molecule has 0 atom stereocenters. The van der Waals surface area contributed by atoms with Crippen LogP contribution in [-0.2, 0) is 20.9 Å². The molecule has 1 heterocycles. The number of nitrogens with zero attached hydrogens (tertiary/aromatic N) is 3. The Morgan fingerprint density at radius 1 is 1.33 bits per heavy atom. The molecule has 0 radical (unpaired) electrons. The van der Waals surface area contributed by atoms with Gasteiger partial charge in [0.25, 0.3) is 0 Å². The zero-order valence-electron chi connectivity index (χ0n) is 10.5. The molecular formula is C11H18N4O3. The molecule has 0 saturated carbocycles. The van der Waals surface area contributed by atoms with Crippen LogP contribution >= 0.6 is 0 Å². The summed E-state index contributed by atoms with van der Waals surface area (Å²) in [7, 11) is 1.38. The fraction of sp³-hybridized carbons (Fsp3) is 0.636. The van der Waals surface area contributed by atoms with E-state index in [2.05, 4.69) is 20.1 Å². The third-order valence-corrected chi connectivity index (χ3v) is 2.38. The number of hydrogen-bond donors (Lipinski definition) is 1. The minimum absolute atomic E-state index is 0.0894. The van der Waals surface area contributed by atoms with Crippen LogP contribution in [0.1, 0.15) is 25.7 Å². The predicted octanol–water partition coefficient (Wildman–Crippen LogP) is 0.128. The highest BCUT2D eigenvalue weighted by Gasteiger charge is 2.02. The van der Waals surface area contributed by atoms with Gasteiger partial charge in [0.15, 0.2) is 0 Å². The standard InChI is InChI=1S/C11H18N4O3/c1-18-11(17)5-3-2-4-6-13-10(16)7-15-9-12-8-14-15/h8-9H,2-7H2,1H3,(H,13,16). The van der Waals surface area contributed by atoms with Crippen molar-refractivity contribution < 1.29 is 14.3 Å². The second-order valence-corrected chi connectivity index (χ2v) is 3.83. The number of unbranched alkanes of at least 4 members (excludes halogenated alkanes) is 2. The lowest BCUT2D eigenvalue weighted by Crippen LogP contribution is -2.28. The number of esters is 1. The van der Waals surface area contributed by atoms with E-state index < -0.39 is 0 Å². The molecular weight excluding hydrogens is 236 g/mol. The Hall–Kier alpha value is -1.92. The van der Waals surface area contributed by atoms with Crippen molar-refractivity contribution >= 4 is 11.9 Å². The number of nitrogens with one attached hydrogen (secondary N) is 1. The first-order valence-electron chi connectivity index (χ1n) is 5.88. The van der Waals surface area contributed by atoms with Crippen LogP contribution in [0.4, 0.5) is 0 Å². The van der Waals surface area contributed by atoms with Crippen LogP contribution in [0.5, 0.6) is 0 Å². The number of carbonyl (C=O) groups excluding carboxylic acids is 2. The van der Waals surface area contributed by atoms with Gasteiger partial charge in [0.1, 0.15) is 19.2 Å². The van der Waals surface area contributed by atoms with E-state index in [9.17, 15) is 9.59 Å². The van der Waals surface area contributed by atoms with E-state index in [4.69, 9.17) is 0 Å². The van der Waals surface area contributed by atoms with E-state index in [1.165, 1.54) is 24.4 Å². The first-order valence-corrected chi connectivity index (χ1v) is 5.88. The number of amides is 1. The number of carbonyl (C=O) groups is 2. The predicted molar refractivity (Wildman–Crippen MR) is 63.5 cm³/mol. The lowest BCUT2D eigenvalue weighted by atomic mass is 10.2. The first-order chi connectivity index (χ1) is 8.72. The molecule has 0 bridgehead atoms. The highest BCUT2D eigenvalue weighted by molar-refractivity contribution is 5.75. The van der Waals surface area contributed by atoms with Gasteiger partial charge in [-0.3, -0.25) is 9.59 Å². The van der Waals surface area contributed by atoms with Crippen LogP contribution in [0.2, 0.25) is 0 Å². The van der Waals surface area contributed by atoms with Gasteiger partial charge in [-0.15, -0.1) is 0 Å². The zero-order valence-corrected chi connectivity index (χ0v) is 10.5. The molecule has 7 heteroatoms. The third kappa shape index (κ3) is 5.97. The van der Waals surface area contributed by atoms with Crippen molar-refractivity contribution in [3.8, 4) is 0 Å². The van der Waals surface area contributed by atoms with Crippen LogP contribution in [0.3, 0.4) is 0 Å². The van der Waals surface area contributed by atoms with Crippen molar-refractivity contribution in [2.75, 3.05) is 13.7 Å².